The van der Waals surface area contributed by atoms with Crippen LogP contribution in [0.2, 0.25) is 5.02 Å². The molecule has 0 radical (unpaired) electrons. The van der Waals surface area contributed by atoms with E-state index in [2.05, 4.69) is 15.6 Å². The maximum atomic E-state index is 12.9. The summed E-state index contributed by atoms with van der Waals surface area (Å²) >= 11 is 6.10. The first-order chi connectivity index (χ1) is 12.6. The molecule has 0 unspecified atom stereocenters. The molecule has 4 nitrogen and oxygen atoms in total. The van der Waals surface area contributed by atoms with Crippen molar-refractivity contribution in [1.29, 1.82) is 0 Å². The van der Waals surface area contributed by atoms with Crippen molar-refractivity contribution in [3.05, 3.63) is 89.0 Å². The molecule has 0 spiro atoms. The van der Waals surface area contributed by atoms with Crippen LogP contribution in [-0.2, 0) is 6.42 Å². The van der Waals surface area contributed by atoms with E-state index in [9.17, 15) is 9.18 Å². The van der Waals surface area contributed by atoms with Crippen LogP contribution in [0.4, 0.5) is 15.8 Å². The molecule has 26 heavy (non-hydrogen) atoms. The number of para-hydroxylation sites is 1. The largest absolute Gasteiger partial charge is 0.353 e. The van der Waals surface area contributed by atoms with Crippen molar-refractivity contribution in [2.75, 3.05) is 11.9 Å². The zero-order valence-electron chi connectivity index (χ0n) is 13.9. The van der Waals surface area contributed by atoms with Crippen molar-refractivity contribution in [2.24, 2.45) is 0 Å². The molecular weight excluding hydrogens is 353 g/mol. The lowest BCUT2D eigenvalue weighted by Crippen LogP contribution is -2.26. The van der Waals surface area contributed by atoms with E-state index in [0.29, 0.717) is 23.7 Å². The minimum atomic E-state index is -0.271. The van der Waals surface area contributed by atoms with Crippen LogP contribution in [-0.4, -0.2) is 17.4 Å². The highest BCUT2D eigenvalue weighted by Gasteiger charge is 2.07. The zero-order chi connectivity index (χ0) is 18.4. The van der Waals surface area contributed by atoms with E-state index in [4.69, 9.17) is 11.6 Å². The van der Waals surface area contributed by atoms with E-state index in [1.165, 1.54) is 12.1 Å². The molecule has 0 aliphatic carbocycles. The summed E-state index contributed by atoms with van der Waals surface area (Å²) < 4.78 is 12.9. The van der Waals surface area contributed by atoms with Gasteiger partial charge in [-0.25, -0.2) is 9.37 Å². The Balaban J connectivity index is 1.53. The van der Waals surface area contributed by atoms with Gasteiger partial charge in [-0.2, -0.15) is 0 Å². The highest BCUT2D eigenvalue weighted by atomic mass is 35.5. The first-order valence-electron chi connectivity index (χ1n) is 8.12. The van der Waals surface area contributed by atoms with Crippen molar-refractivity contribution in [1.82, 2.24) is 10.3 Å². The molecular formula is C20H17ClFN3O. The van der Waals surface area contributed by atoms with Gasteiger partial charge in [0, 0.05) is 6.54 Å². The molecule has 132 valence electrons. The van der Waals surface area contributed by atoms with E-state index >= 15 is 0 Å². The molecule has 0 aliphatic rings. The van der Waals surface area contributed by atoms with Crippen LogP contribution in [0.1, 0.15) is 16.1 Å². The topological polar surface area (TPSA) is 54.0 Å². The molecule has 3 aromatic rings. The van der Waals surface area contributed by atoms with Crippen molar-refractivity contribution in [2.45, 2.75) is 6.42 Å². The molecule has 1 aromatic heterocycles. The van der Waals surface area contributed by atoms with Gasteiger partial charge in [0.05, 0.1) is 22.6 Å². The Bertz CT molecular complexity index is 882. The fraction of sp³-hybridized carbons (Fsp3) is 0.100. The number of amides is 1. The Morgan fingerprint density at radius 3 is 2.50 bits per heavy atom. The molecule has 0 bridgehead atoms. The first kappa shape index (κ1) is 17.9. The number of nitrogens with zero attached hydrogens (tertiary/aromatic N) is 1. The number of benzene rings is 2. The average molecular weight is 370 g/mol. The summed E-state index contributed by atoms with van der Waals surface area (Å²) in [5.41, 5.74) is 2.79. The van der Waals surface area contributed by atoms with Crippen molar-refractivity contribution < 1.29 is 9.18 Å². The normalized spacial score (nSPS) is 10.4. The fourth-order valence-corrected chi connectivity index (χ4v) is 2.57. The smallest absolute Gasteiger partial charge is 0.269 e. The van der Waals surface area contributed by atoms with Crippen molar-refractivity contribution >= 4 is 28.9 Å². The van der Waals surface area contributed by atoms with Crippen LogP contribution in [0.25, 0.3) is 0 Å². The number of carbonyl (C=O) groups excluding carboxylic acids is 1. The minimum Gasteiger partial charge on any atom is -0.353 e. The minimum absolute atomic E-state index is 0.253. The number of nitrogens with one attached hydrogen (secondary N) is 2. The SMILES string of the molecule is O=C(NCCc1ccc(F)cc1)c1ccc(Nc2ccccc2Cl)cn1. The lowest BCUT2D eigenvalue weighted by Gasteiger charge is -2.09. The van der Waals surface area contributed by atoms with Crippen LogP contribution in [0.5, 0.6) is 0 Å². The Morgan fingerprint density at radius 2 is 1.81 bits per heavy atom. The summed E-state index contributed by atoms with van der Waals surface area (Å²) in [6.45, 7) is 0.450. The number of anilines is 2. The standard InChI is InChI=1S/C20H17ClFN3O/c21-17-3-1-2-4-18(17)25-16-9-10-19(24-13-16)20(26)23-12-11-14-5-7-15(22)8-6-14/h1-10,13,25H,11-12H2,(H,23,26). The van der Waals surface area contributed by atoms with Gasteiger partial charge in [-0.05, 0) is 48.4 Å². The number of hydrogen-bond donors (Lipinski definition) is 2. The van der Waals surface area contributed by atoms with Gasteiger partial charge < -0.3 is 10.6 Å². The average Bonchev–Trinajstić information content (AvgIpc) is 2.66. The van der Waals surface area contributed by atoms with E-state index in [1.54, 1.807) is 36.5 Å². The summed E-state index contributed by atoms with van der Waals surface area (Å²) in [6, 6.07) is 17.0. The number of pyridine rings is 1. The number of halogens is 2. The molecule has 0 saturated carbocycles. The second-order valence-corrected chi connectivity index (χ2v) is 6.08. The van der Waals surface area contributed by atoms with E-state index < -0.39 is 0 Å². The molecule has 0 fully saturated rings. The van der Waals surface area contributed by atoms with Crippen molar-refractivity contribution in [3.63, 3.8) is 0 Å². The van der Waals surface area contributed by atoms with E-state index in [-0.39, 0.29) is 11.7 Å². The summed E-state index contributed by atoms with van der Waals surface area (Å²) in [7, 11) is 0. The van der Waals surface area contributed by atoms with Crippen LogP contribution in [0.15, 0.2) is 66.9 Å². The first-order valence-corrected chi connectivity index (χ1v) is 8.50. The maximum absolute atomic E-state index is 12.9. The Labute approximate surface area is 156 Å². The second-order valence-electron chi connectivity index (χ2n) is 5.67. The molecule has 1 heterocycles. The summed E-state index contributed by atoms with van der Waals surface area (Å²) in [4.78, 5) is 16.3. The van der Waals surface area contributed by atoms with Gasteiger partial charge in [-0.1, -0.05) is 35.9 Å². The van der Waals surface area contributed by atoms with Gasteiger partial charge in [0.1, 0.15) is 11.5 Å². The van der Waals surface area contributed by atoms with Gasteiger partial charge in [0.15, 0.2) is 0 Å². The fourth-order valence-electron chi connectivity index (χ4n) is 2.38. The highest BCUT2D eigenvalue weighted by molar-refractivity contribution is 6.33. The maximum Gasteiger partial charge on any atom is 0.269 e. The Kier molecular flexibility index (Phi) is 5.81. The Morgan fingerprint density at radius 1 is 1.04 bits per heavy atom. The van der Waals surface area contributed by atoms with Crippen LogP contribution in [0, 0.1) is 5.82 Å². The third-order valence-electron chi connectivity index (χ3n) is 3.76. The predicted octanol–water partition coefficient (Wildman–Crippen LogP) is 4.59. The zero-order valence-corrected chi connectivity index (χ0v) is 14.6. The number of rotatable bonds is 6. The van der Waals surface area contributed by atoms with Gasteiger partial charge >= 0.3 is 0 Å². The van der Waals surface area contributed by atoms with Crippen LogP contribution < -0.4 is 10.6 Å². The van der Waals surface area contributed by atoms with Gasteiger partial charge in [-0.15, -0.1) is 0 Å². The summed E-state index contributed by atoms with van der Waals surface area (Å²) in [6.07, 6.45) is 2.20. The summed E-state index contributed by atoms with van der Waals surface area (Å²) in [5.74, 6) is -0.524. The number of aromatic nitrogens is 1. The molecule has 2 N–H and O–H groups in total. The predicted molar refractivity (Wildman–Crippen MR) is 101 cm³/mol. The molecule has 0 atom stereocenters. The van der Waals surface area contributed by atoms with E-state index in [1.807, 2.05) is 18.2 Å². The van der Waals surface area contributed by atoms with Gasteiger partial charge in [0.2, 0.25) is 0 Å². The van der Waals surface area contributed by atoms with Gasteiger partial charge in [-0.3, -0.25) is 4.79 Å². The monoisotopic (exact) mass is 369 g/mol. The highest BCUT2D eigenvalue weighted by Crippen LogP contribution is 2.24. The van der Waals surface area contributed by atoms with Gasteiger partial charge in [0.25, 0.3) is 5.91 Å². The molecule has 2 aromatic carbocycles. The van der Waals surface area contributed by atoms with Crippen LogP contribution >= 0.6 is 11.6 Å². The summed E-state index contributed by atoms with van der Waals surface area (Å²) in [5, 5.41) is 6.56. The molecule has 0 aliphatic heterocycles. The molecule has 6 heteroatoms. The molecule has 3 rings (SSSR count). The quantitative estimate of drug-likeness (QED) is 0.668. The Hall–Kier alpha value is -2.92. The number of hydrogen-bond acceptors (Lipinski definition) is 3. The lowest BCUT2D eigenvalue weighted by atomic mass is 10.1. The molecule has 1 amide bonds. The molecule has 0 saturated heterocycles. The number of carbonyl (C=O) groups is 1. The van der Waals surface area contributed by atoms with Crippen LogP contribution in [0.3, 0.4) is 0 Å². The third-order valence-corrected chi connectivity index (χ3v) is 4.09. The third kappa shape index (κ3) is 4.80. The van der Waals surface area contributed by atoms with E-state index in [0.717, 1.165) is 16.9 Å². The van der Waals surface area contributed by atoms with Crippen molar-refractivity contribution in [3.8, 4) is 0 Å². The second kappa shape index (κ2) is 8.45. The lowest BCUT2D eigenvalue weighted by molar-refractivity contribution is 0.0949.